The molecule has 0 spiro atoms. The van der Waals surface area contributed by atoms with Crippen LogP contribution in [0.4, 0.5) is 0 Å². The minimum atomic E-state index is -1.29. The number of hydrogen-bond acceptors (Lipinski definition) is 3. The maximum Gasteiger partial charge on any atom is 0.169 e. The summed E-state index contributed by atoms with van der Waals surface area (Å²) in [6.07, 6.45) is 0. The van der Waals surface area contributed by atoms with Gasteiger partial charge in [0.25, 0.3) is 0 Å². The topological polar surface area (TPSA) is 64.7 Å². The molecule has 0 aromatic heterocycles. The summed E-state index contributed by atoms with van der Waals surface area (Å²) < 4.78 is 0. The Bertz CT molecular complexity index is 786. The number of ketones is 1. The number of Topliss-reactive ketones (excluding diaryl/α,β-unsaturated/α-hetero) is 1. The third-order valence-electron chi connectivity index (χ3n) is 4.15. The fourth-order valence-electron chi connectivity index (χ4n) is 2.96. The number of nitriles is 2. The first kappa shape index (κ1) is 14.3. The van der Waals surface area contributed by atoms with Crippen LogP contribution in [0.3, 0.4) is 0 Å². The van der Waals surface area contributed by atoms with Crippen molar-refractivity contribution in [1.82, 2.24) is 0 Å². The maximum absolute atomic E-state index is 12.7. The molecular weight excluding hydrogens is 296 g/mol. The fourth-order valence-corrected chi connectivity index (χ4v) is 3.08. The van der Waals surface area contributed by atoms with E-state index in [0.717, 1.165) is 5.56 Å². The maximum atomic E-state index is 12.7. The predicted octanol–water partition coefficient (Wildman–Crippen LogP) is 3.97. The molecule has 22 heavy (non-hydrogen) atoms. The van der Waals surface area contributed by atoms with Crippen LogP contribution in [-0.4, -0.2) is 5.78 Å². The monoisotopic (exact) mass is 306 g/mol. The highest BCUT2D eigenvalue weighted by Gasteiger charge is 2.70. The van der Waals surface area contributed by atoms with E-state index in [1.807, 2.05) is 6.07 Å². The van der Waals surface area contributed by atoms with Crippen molar-refractivity contribution >= 4 is 17.4 Å². The molecule has 0 heterocycles. The molecule has 0 amide bonds. The molecule has 1 aliphatic carbocycles. The lowest BCUT2D eigenvalue weighted by molar-refractivity contribution is 0.0958. The second-order valence-corrected chi connectivity index (χ2v) is 5.77. The zero-order chi connectivity index (χ0) is 15.7. The van der Waals surface area contributed by atoms with E-state index in [1.54, 1.807) is 48.5 Å². The lowest BCUT2D eigenvalue weighted by atomic mass is 10.0. The second kappa shape index (κ2) is 5.30. The SMILES string of the molecule is N#CC1(C#N)[C@H](c2ccc(Cl)cc2)[C@@H]1C(=O)c1ccccc1. The van der Waals surface area contributed by atoms with Crippen LogP contribution in [0.2, 0.25) is 5.02 Å². The Morgan fingerprint density at radius 1 is 1.00 bits per heavy atom. The van der Waals surface area contributed by atoms with E-state index >= 15 is 0 Å². The molecule has 1 saturated carbocycles. The number of hydrogen-bond donors (Lipinski definition) is 0. The third-order valence-corrected chi connectivity index (χ3v) is 4.40. The summed E-state index contributed by atoms with van der Waals surface area (Å²) in [4.78, 5) is 12.7. The molecule has 1 aliphatic rings. The molecule has 0 saturated heterocycles. The largest absolute Gasteiger partial charge is 0.294 e. The van der Waals surface area contributed by atoms with Crippen molar-refractivity contribution in [1.29, 1.82) is 10.5 Å². The molecule has 2 atom stereocenters. The molecule has 1 fully saturated rings. The van der Waals surface area contributed by atoms with E-state index in [9.17, 15) is 15.3 Å². The summed E-state index contributed by atoms with van der Waals surface area (Å²) in [5.74, 6) is -1.21. The van der Waals surface area contributed by atoms with Gasteiger partial charge in [-0.1, -0.05) is 54.1 Å². The van der Waals surface area contributed by atoms with Gasteiger partial charge in [0.15, 0.2) is 11.2 Å². The molecule has 0 bridgehead atoms. The highest BCUT2D eigenvalue weighted by molar-refractivity contribution is 6.30. The van der Waals surface area contributed by atoms with Gasteiger partial charge in [-0.05, 0) is 17.7 Å². The smallest absolute Gasteiger partial charge is 0.169 e. The molecule has 3 nitrogen and oxygen atoms in total. The normalized spacial score (nSPS) is 21.4. The Labute approximate surface area is 133 Å². The minimum Gasteiger partial charge on any atom is -0.294 e. The molecule has 0 radical (unpaired) electrons. The quantitative estimate of drug-likeness (QED) is 0.806. The van der Waals surface area contributed by atoms with Gasteiger partial charge < -0.3 is 0 Å². The van der Waals surface area contributed by atoms with E-state index in [4.69, 9.17) is 11.6 Å². The highest BCUT2D eigenvalue weighted by atomic mass is 35.5. The van der Waals surface area contributed by atoms with Crippen LogP contribution in [0.25, 0.3) is 0 Å². The molecule has 0 aliphatic heterocycles. The minimum absolute atomic E-state index is 0.163. The number of benzene rings is 2. The zero-order valence-corrected chi connectivity index (χ0v) is 12.3. The first-order valence-corrected chi connectivity index (χ1v) is 7.19. The average molecular weight is 307 g/mol. The first-order chi connectivity index (χ1) is 10.6. The van der Waals surface area contributed by atoms with Gasteiger partial charge in [0.2, 0.25) is 0 Å². The van der Waals surface area contributed by atoms with Gasteiger partial charge >= 0.3 is 0 Å². The van der Waals surface area contributed by atoms with Crippen molar-refractivity contribution < 1.29 is 4.79 Å². The number of halogens is 1. The second-order valence-electron chi connectivity index (χ2n) is 5.33. The molecule has 106 valence electrons. The van der Waals surface area contributed by atoms with Gasteiger partial charge in [0, 0.05) is 16.5 Å². The summed E-state index contributed by atoms with van der Waals surface area (Å²) >= 11 is 5.87. The van der Waals surface area contributed by atoms with E-state index < -0.39 is 17.3 Å². The van der Waals surface area contributed by atoms with Crippen LogP contribution in [-0.2, 0) is 0 Å². The van der Waals surface area contributed by atoms with Crippen molar-refractivity contribution in [3.8, 4) is 12.1 Å². The van der Waals surface area contributed by atoms with Crippen LogP contribution in [0.5, 0.6) is 0 Å². The molecule has 2 aromatic rings. The van der Waals surface area contributed by atoms with E-state index in [2.05, 4.69) is 12.1 Å². The van der Waals surface area contributed by atoms with E-state index in [1.165, 1.54) is 0 Å². The van der Waals surface area contributed by atoms with Crippen LogP contribution in [0.15, 0.2) is 54.6 Å². The molecule has 0 N–H and O–H groups in total. The average Bonchev–Trinajstić information content (AvgIpc) is 3.25. The number of rotatable bonds is 3. The fraction of sp³-hybridized carbons (Fsp3) is 0.167. The summed E-state index contributed by atoms with van der Waals surface area (Å²) in [6, 6.07) is 19.8. The first-order valence-electron chi connectivity index (χ1n) is 6.81. The van der Waals surface area contributed by atoms with E-state index in [-0.39, 0.29) is 5.78 Å². The van der Waals surface area contributed by atoms with Gasteiger partial charge in [-0.3, -0.25) is 4.79 Å². The summed E-state index contributed by atoms with van der Waals surface area (Å²) in [5.41, 5.74) is 0.0291. The van der Waals surface area contributed by atoms with Crippen molar-refractivity contribution in [3.05, 3.63) is 70.7 Å². The van der Waals surface area contributed by atoms with Gasteiger partial charge in [0.05, 0.1) is 18.1 Å². The number of nitrogens with zero attached hydrogens (tertiary/aromatic N) is 2. The standard InChI is InChI=1S/C18H11ClN2O/c19-14-8-6-12(7-9-14)15-16(18(15,10-20)11-21)17(22)13-4-2-1-3-5-13/h1-9,15-16H/t15-,16-/m1/s1. The van der Waals surface area contributed by atoms with Crippen LogP contribution >= 0.6 is 11.6 Å². The summed E-state index contributed by atoms with van der Waals surface area (Å²) in [7, 11) is 0. The van der Waals surface area contributed by atoms with Crippen molar-refractivity contribution in [2.45, 2.75) is 5.92 Å². The highest BCUT2D eigenvalue weighted by Crippen LogP contribution is 2.65. The molecule has 4 heteroatoms. The van der Waals surface area contributed by atoms with E-state index in [0.29, 0.717) is 10.6 Å². The van der Waals surface area contributed by atoms with Gasteiger partial charge in [-0.25, -0.2) is 0 Å². The molecule has 3 rings (SSSR count). The Hall–Kier alpha value is -2.62. The molecule has 0 unspecified atom stereocenters. The number of carbonyl (C=O) groups is 1. The third kappa shape index (κ3) is 2.08. The lowest BCUT2D eigenvalue weighted by Gasteiger charge is -2.00. The zero-order valence-electron chi connectivity index (χ0n) is 11.5. The van der Waals surface area contributed by atoms with Gasteiger partial charge in [0.1, 0.15) is 0 Å². The Morgan fingerprint density at radius 2 is 1.59 bits per heavy atom. The summed E-state index contributed by atoms with van der Waals surface area (Å²) in [6.45, 7) is 0. The molecule has 2 aromatic carbocycles. The lowest BCUT2D eigenvalue weighted by Crippen LogP contribution is -2.08. The van der Waals surface area contributed by atoms with Crippen molar-refractivity contribution in [3.63, 3.8) is 0 Å². The molecular formula is C18H11ClN2O. The summed E-state index contributed by atoms with van der Waals surface area (Å²) in [5, 5.41) is 19.5. The van der Waals surface area contributed by atoms with Crippen LogP contribution in [0.1, 0.15) is 21.8 Å². The Kier molecular flexibility index (Phi) is 3.45. The Balaban J connectivity index is 2.00. The number of carbonyl (C=O) groups excluding carboxylic acids is 1. The van der Waals surface area contributed by atoms with Crippen molar-refractivity contribution in [2.75, 3.05) is 0 Å². The van der Waals surface area contributed by atoms with Crippen LogP contribution in [0, 0.1) is 34.0 Å². The van der Waals surface area contributed by atoms with Gasteiger partial charge in [-0.15, -0.1) is 0 Å². The van der Waals surface area contributed by atoms with Crippen LogP contribution < -0.4 is 0 Å². The predicted molar refractivity (Wildman–Crippen MR) is 82.1 cm³/mol. The van der Waals surface area contributed by atoms with Gasteiger partial charge in [-0.2, -0.15) is 10.5 Å². The Morgan fingerprint density at radius 3 is 2.14 bits per heavy atom. The van der Waals surface area contributed by atoms with Crippen molar-refractivity contribution in [2.24, 2.45) is 11.3 Å².